The van der Waals surface area contributed by atoms with E-state index >= 15 is 0 Å². The van der Waals surface area contributed by atoms with Crippen molar-refractivity contribution in [3.05, 3.63) is 53.1 Å². The lowest BCUT2D eigenvalue weighted by Crippen LogP contribution is -2.33. The third-order valence-corrected chi connectivity index (χ3v) is 6.39. The highest BCUT2D eigenvalue weighted by Gasteiger charge is 2.51. The van der Waals surface area contributed by atoms with Crippen LogP contribution in [0, 0.1) is 11.7 Å². The molecule has 1 aromatic heterocycles. The van der Waals surface area contributed by atoms with Gasteiger partial charge in [0.1, 0.15) is 17.7 Å². The minimum absolute atomic E-state index is 0.277. The number of aliphatic hydroxyl groups is 1. The van der Waals surface area contributed by atoms with Gasteiger partial charge in [0.2, 0.25) is 0 Å². The molecular formula is C24H29F3N2O4. The third-order valence-electron chi connectivity index (χ3n) is 6.39. The monoisotopic (exact) mass is 466 g/mol. The molecule has 180 valence electrons. The van der Waals surface area contributed by atoms with Crippen molar-refractivity contribution in [1.82, 2.24) is 4.98 Å². The van der Waals surface area contributed by atoms with E-state index in [1.807, 2.05) is 27.7 Å². The summed E-state index contributed by atoms with van der Waals surface area (Å²) in [4.78, 5) is 17.4. The van der Waals surface area contributed by atoms with Crippen LogP contribution in [0.1, 0.15) is 69.4 Å². The van der Waals surface area contributed by atoms with Crippen LogP contribution in [0.2, 0.25) is 0 Å². The lowest BCUT2D eigenvalue weighted by Gasteiger charge is -2.26. The first-order valence-corrected chi connectivity index (χ1v) is 10.8. The Bertz CT molecular complexity index is 998. The molecule has 1 aliphatic rings. The summed E-state index contributed by atoms with van der Waals surface area (Å²) in [6, 6.07) is 5.56. The number of methoxy groups -OCH3 is 1. The van der Waals surface area contributed by atoms with E-state index in [0.29, 0.717) is 17.8 Å². The summed E-state index contributed by atoms with van der Waals surface area (Å²) in [7, 11) is 1.20. The number of halogens is 3. The van der Waals surface area contributed by atoms with Crippen LogP contribution in [0.4, 0.5) is 18.9 Å². The Morgan fingerprint density at radius 2 is 2.00 bits per heavy atom. The lowest BCUT2D eigenvalue weighted by atomic mass is 9.77. The molecule has 1 fully saturated rings. The molecule has 0 bridgehead atoms. The van der Waals surface area contributed by atoms with Gasteiger partial charge in [0.15, 0.2) is 0 Å². The summed E-state index contributed by atoms with van der Waals surface area (Å²) in [6.45, 7) is 7.30. The molecule has 4 atom stereocenters. The molecule has 0 unspecified atom stereocenters. The van der Waals surface area contributed by atoms with Crippen LogP contribution in [-0.2, 0) is 9.53 Å². The lowest BCUT2D eigenvalue weighted by molar-refractivity contribution is -0.131. The first kappa shape index (κ1) is 25.0. The number of aromatic nitrogens is 1. The van der Waals surface area contributed by atoms with Crippen LogP contribution in [0.5, 0.6) is 5.75 Å². The van der Waals surface area contributed by atoms with Crippen LogP contribution in [0.15, 0.2) is 30.5 Å². The number of anilines is 1. The maximum Gasteiger partial charge on any atom is 0.270 e. The number of aliphatic hydroxyl groups excluding tert-OH is 1. The van der Waals surface area contributed by atoms with Crippen molar-refractivity contribution in [2.45, 2.75) is 64.3 Å². The molecule has 1 amide bonds. The van der Waals surface area contributed by atoms with Crippen LogP contribution >= 0.6 is 0 Å². The fraction of sp³-hybridized carbons (Fsp3) is 0.500. The van der Waals surface area contributed by atoms with Gasteiger partial charge in [-0.2, -0.15) is 0 Å². The molecule has 9 heteroatoms. The highest BCUT2D eigenvalue weighted by molar-refractivity contribution is 5.95. The van der Waals surface area contributed by atoms with Crippen molar-refractivity contribution in [2.75, 3.05) is 12.4 Å². The quantitative estimate of drug-likeness (QED) is 0.590. The van der Waals surface area contributed by atoms with Crippen molar-refractivity contribution in [3.8, 4) is 5.75 Å². The number of hydrogen-bond donors (Lipinski definition) is 2. The number of hydrogen-bond acceptors (Lipinski definition) is 5. The molecule has 2 heterocycles. The van der Waals surface area contributed by atoms with Gasteiger partial charge in [0.25, 0.3) is 12.3 Å². The Balaban J connectivity index is 1.96. The molecule has 0 spiro atoms. The van der Waals surface area contributed by atoms with Gasteiger partial charge in [-0.05, 0) is 44.4 Å². The second kappa shape index (κ2) is 9.69. The summed E-state index contributed by atoms with van der Waals surface area (Å²) in [5.74, 6) is -2.79. The Morgan fingerprint density at radius 1 is 1.30 bits per heavy atom. The van der Waals surface area contributed by atoms with E-state index in [0.717, 1.165) is 6.07 Å². The summed E-state index contributed by atoms with van der Waals surface area (Å²) in [6.07, 6.45) is -2.89. The maximum absolute atomic E-state index is 14.2. The number of amides is 1. The Labute approximate surface area is 191 Å². The van der Waals surface area contributed by atoms with Gasteiger partial charge in [-0.1, -0.05) is 19.9 Å². The van der Waals surface area contributed by atoms with Crippen LogP contribution in [-0.4, -0.2) is 34.8 Å². The summed E-state index contributed by atoms with van der Waals surface area (Å²) in [5.41, 5.74) is -0.432. The topological polar surface area (TPSA) is 80.7 Å². The summed E-state index contributed by atoms with van der Waals surface area (Å²) >= 11 is 0. The van der Waals surface area contributed by atoms with Gasteiger partial charge >= 0.3 is 0 Å². The number of nitrogens with zero attached hydrogens (tertiary/aromatic N) is 1. The largest absolute Gasteiger partial charge is 0.496 e. The first-order chi connectivity index (χ1) is 15.5. The zero-order chi connectivity index (χ0) is 24.5. The molecule has 2 N–H and O–H groups in total. The average Bonchev–Trinajstić information content (AvgIpc) is 3.02. The van der Waals surface area contributed by atoms with Crippen LogP contribution in [0.3, 0.4) is 0 Å². The maximum atomic E-state index is 14.2. The Hall–Kier alpha value is -2.65. The Kier molecular flexibility index (Phi) is 7.33. The fourth-order valence-electron chi connectivity index (χ4n) is 4.24. The smallest absolute Gasteiger partial charge is 0.270 e. The molecule has 33 heavy (non-hydrogen) atoms. The van der Waals surface area contributed by atoms with Crippen molar-refractivity contribution in [2.24, 2.45) is 5.92 Å². The van der Waals surface area contributed by atoms with Crippen molar-refractivity contribution >= 4 is 11.6 Å². The Morgan fingerprint density at radius 3 is 2.55 bits per heavy atom. The van der Waals surface area contributed by atoms with Crippen molar-refractivity contribution < 1.29 is 32.5 Å². The second-order valence-corrected chi connectivity index (χ2v) is 8.73. The van der Waals surface area contributed by atoms with Gasteiger partial charge in [0.05, 0.1) is 42.0 Å². The highest BCUT2D eigenvalue weighted by Crippen LogP contribution is 2.50. The van der Waals surface area contributed by atoms with Gasteiger partial charge in [-0.15, -0.1) is 0 Å². The SMILES string of the molecule is CC[C@H](O)c1ccc(NC(=O)[C@H]2OC(C)(C)[C@H](C)[C@@H]2c2ccc(F)c(C(F)F)c2OC)cn1. The van der Waals surface area contributed by atoms with E-state index in [1.54, 1.807) is 12.1 Å². The number of pyridine rings is 1. The predicted octanol–water partition coefficient (Wildman–Crippen LogP) is 5.15. The van der Waals surface area contributed by atoms with Crippen molar-refractivity contribution in [3.63, 3.8) is 0 Å². The number of rotatable bonds is 7. The first-order valence-electron chi connectivity index (χ1n) is 10.8. The standard InChI is InChI=1S/C24H29F3N2O4/c1-6-17(30)16-10-7-13(11-28-16)29-23(31)21-18(12(2)24(3,4)33-21)14-8-9-15(25)19(22(26)27)20(14)32-5/h7-12,17-18,21-22,30H,6H2,1-5H3,(H,29,31)/t12-,17+,18-,21+/m1/s1. The molecule has 0 saturated carbocycles. The molecule has 2 aromatic rings. The van der Waals surface area contributed by atoms with E-state index in [1.165, 1.54) is 19.4 Å². The number of benzene rings is 1. The molecule has 0 aliphatic carbocycles. The molecule has 6 nitrogen and oxygen atoms in total. The normalized spacial score (nSPS) is 22.9. The van der Waals surface area contributed by atoms with Crippen LogP contribution < -0.4 is 10.1 Å². The summed E-state index contributed by atoms with van der Waals surface area (Å²) < 4.78 is 52.6. The fourth-order valence-corrected chi connectivity index (χ4v) is 4.24. The zero-order valence-corrected chi connectivity index (χ0v) is 19.2. The minimum atomic E-state index is -3.08. The molecule has 1 aromatic carbocycles. The number of alkyl halides is 2. The number of nitrogens with one attached hydrogen (secondary N) is 1. The molecule has 1 aliphatic heterocycles. The van der Waals surface area contributed by atoms with Gasteiger partial charge in [-0.25, -0.2) is 13.2 Å². The van der Waals surface area contributed by atoms with Crippen molar-refractivity contribution in [1.29, 1.82) is 0 Å². The predicted molar refractivity (Wildman–Crippen MR) is 117 cm³/mol. The number of carbonyl (C=O) groups excluding carboxylic acids is 1. The van der Waals surface area contributed by atoms with Gasteiger partial charge < -0.3 is 19.9 Å². The zero-order valence-electron chi connectivity index (χ0n) is 19.2. The number of ether oxygens (including phenoxy) is 2. The summed E-state index contributed by atoms with van der Waals surface area (Å²) in [5, 5.41) is 12.6. The van der Waals surface area contributed by atoms with Gasteiger partial charge in [0, 0.05) is 11.5 Å². The molecule has 0 radical (unpaired) electrons. The van der Waals surface area contributed by atoms with Crippen LogP contribution in [0.25, 0.3) is 0 Å². The van der Waals surface area contributed by atoms with Gasteiger partial charge in [-0.3, -0.25) is 9.78 Å². The minimum Gasteiger partial charge on any atom is -0.496 e. The molecule has 1 saturated heterocycles. The third kappa shape index (κ3) is 4.84. The van der Waals surface area contributed by atoms with E-state index < -0.39 is 47.4 Å². The number of carbonyl (C=O) groups is 1. The average molecular weight is 467 g/mol. The second-order valence-electron chi connectivity index (χ2n) is 8.73. The molecular weight excluding hydrogens is 437 g/mol. The highest BCUT2D eigenvalue weighted by atomic mass is 19.3. The van der Waals surface area contributed by atoms with E-state index in [9.17, 15) is 23.1 Å². The van der Waals surface area contributed by atoms with E-state index in [4.69, 9.17) is 9.47 Å². The van der Waals surface area contributed by atoms with E-state index in [2.05, 4.69) is 10.3 Å². The molecule has 3 rings (SSSR count). The van der Waals surface area contributed by atoms with E-state index in [-0.39, 0.29) is 17.2 Å².